The summed E-state index contributed by atoms with van der Waals surface area (Å²) in [5.41, 5.74) is 1.25. The van der Waals surface area contributed by atoms with Crippen LogP contribution in [0, 0.1) is 23.1 Å². The lowest BCUT2D eigenvalue weighted by Crippen LogP contribution is -2.41. The molecule has 2 aliphatic rings. The molecule has 0 amide bonds. The van der Waals surface area contributed by atoms with E-state index in [0.29, 0.717) is 28.0 Å². The topological polar surface area (TPSA) is 21.3 Å². The van der Waals surface area contributed by atoms with Gasteiger partial charge in [0.2, 0.25) is 0 Å². The Morgan fingerprint density at radius 3 is 2.07 bits per heavy atom. The third-order valence-electron chi connectivity index (χ3n) is 7.65. The van der Waals surface area contributed by atoms with E-state index in [0.717, 1.165) is 35.5 Å². The third-order valence-corrected chi connectivity index (χ3v) is 12.9. The highest BCUT2D eigenvalue weighted by Gasteiger charge is 2.61. The van der Waals surface area contributed by atoms with Crippen LogP contribution in [0.1, 0.15) is 59.1 Å². The number of benzene rings is 1. The largest absolute Gasteiger partial charge is 0.409 e. The van der Waals surface area contributed by atoms with Gasteiger partial charge in [0.1, 0.15) is 5.82 Å². The van der Waals surface area contributed by atoms with Crippen molar-refractivity contribution in [1.82, 2.24) is 5.32 Å². The lowest BCUT2D eigenvalue weighted by Gasteiger charge is -2.35. The fraction of sp³-hybridized carbons (Fsp3) is 0.727. The van der Waals surface area contributed by atoms with Crippen molar-refractivity contribution in [3.05, 3.63) is 33.6 Å². The van der Waals surface area contributed by atoms with Gasteiger partial charge in [0.25, 0.3) is 0 Å². The number of fused-ring (bicyclic) bond motifs is 1. The van der Waals surface area contributed by atoms with Crippen molar-refractivity contribution < 1.29 is 8.82 Å². The predicted molar refractivity (Wildman–Crippen MR) is 119 cm³/mol. The molecule has 6 heteroatoms. The molecular weight excluding hydrogens is 412 g/mol. The maximum atomic E-state index is 13.7. The van der Waals surface area contributed by atoms with Gasteiger partial charge in [0.05, 0.1) is 16.1 Å². The molecule has 2 fully saturated rings. The van der Waals surface area contributed by atoms with Crippen LogP contribution in [-0.4, -0.2) is 20.9 Å². The first kappa shape index (κ1) is 22.5. The summed E-state index contributed by atoms with van der Waals surface area (Å²) in [5.74, 6) is 1.28. The van der Waals surface area contributed by atoms with Crippen LogP contribution in [-0.2, 0) is 4.43 Å². The monoisotopic (exact) mass is 445 g/mol. The van der Waals surface area contributed by atoms with Crippen molar-refractivity contribution in [2.45, 2.75) is 77.7 Å². The van der Waals surface area contributed by atoms with Crippen LogP contribution in [0.5, 0.6) is 0 Å². The minimum Gasteiger partial charge on any atom is -0.409 e. The Hall–Kier alpha value is -0.133. The van der Waals surface area contributed by atoms with E-state index in [4.69, 9.17) is 27.6 Å². The zero-order chi connectivity index (χ0) is 20.7. The normalized spacial score (nSPS) is 26.9. The van der Waals surface area contributed by atoms with Crippen molar-refractivity contribution >= 4 is 31.5 Å². The third kappa shape index (κ3) is 4.32. The summed E-state index contributed by atoms with van der Waals surface area (Å²) in [5, 5.41) is 4.45. The van der Waals surface area contributed by atoms with Crippen molar-refractivity contribution in [2.75, 3.05) is 6.54 Å². The molecule has 0 spiro atoms. The molecule has 28 heavy (non-hydrogen) atoms. The number of nitrogens with one attached hydrogen (secondary N) is 1. The second-order valence-electron chi connectivity index (χ2n) is 9.24. The lowest BCUT2D eigenvalue weighted by molar-refractivity contribution is 0.179. The van der Waals surface area contributed by atoms with E-state index < -0.39 is 14.1 Å². The molecule has 0 radical (unpaired) electrons. The molecule has 4 atom stereocenters. The molecular formula is C22H34Cl2FNOSi. The predicted octanol–water partition coefficient (Wildman–Crippen LogP) is 7.22. The SMILES string of the molecule is CC[Si](CC)(CC)OC(CNC1C[C@@H]2[C@H](C1)C2(C)C)c1c(Cl)cc(F)cc1Cl. The summed E-state index contributed by atoms with van der Waals surface area (Å²) in [6.07, 6.45) is 2.22. The van der Waals surface area contributed by atoms with Crippen LogP contribution in [0.4, 0.5) is 4.39 Å². The highest BCUT2D eigenvalue weighted by atomic mass is 35.5. The van der Waals surface area contributed by atoms with Gasteiger partial charge in [0, 0.05) is 18.2 Å². The van der Waals surface area contributed by atoms with E-state index in [1.165, 1.54) is 25.0 Å². The molecule has 0 aliphatic heterocycles. The Labute approximate surface area is 180 Å². The number of hydrogen-bond acceptors (Lipinski definition) is 2. The van der Waals surface area contributed by atoms with E-state index in [2.05, 4.69) is 39.9 Å². The smallest absolute Gasteiger partial charge is 0.192 e. The van der Waals surface area contributed by atoms with Crippen molar-refractivity contribution in [3.8, 4) is 0 Å². The molecule has 0 aromatic heterocycles. The molecule has 2 aliphatic carbocycles. The summed E-state index contributed by atoms with van der Waals surface area (Å²) in [7, 11) is -1.88. The summed E-state index contributed by atoms with van der Waals surface area (Å²) in [4.78, 5) is 0. The molecule has 0 heterocycles. The highest BCUT2D eigenvalue weighted by molar-refractivity contribution is 6.73. The summed E-state index contributed by atoms with van der Waals surface area (Å²) in [6, 6.07) is 6.37. The van der Waals surface area contributed by atoms with Crippen LogP contribution in [0.2, 0.25) is 28.2 Å². The Kier molecular flexibility index (Phi) is 6.88. The summed E-state index contributed by atoms with van der Waals surface area (Å²) in [6.45, 7) is 12.1. The molecule has 2 nitrogen and oxygen atoms in total. The Balaban J connectivity index is 1.77. The highest BCUT2D eigenvalue weighted by Crippen LogP contribution is 2.66. The maximum absolute atomic E-state index is 13.7. The first-order valence-electron chi connectivity index (χ1n) is 10.7. The molecule has 0 saturated heterocycles. The minimum atomic E-state index is -1.88. The Bertz CT molecular complexity index is 665. The van der Waals surface area contributed by atoms with Crippen LogP contribution >= 0.6 is 23.2 Å². The van der Waals surface area contributed by atoms with Crippen molar-refractivity contribution in [1.29, 1.82) is 0 Å². The Morgan fingerprint density at radius 2 is 1.61 bits per heavy atom. The number of rotatable bonds is 9. The fourth-order valence-corrected chi connectivity index (χ4v) is 8.82. The number of halogens is 3. The average molecular weight is 447 g/mol. The van der Waals surface area contributed by atoms with Gasteiger partial charge in [-0.3, -0.25) is 0 Å². The van der Waals surface area contributed by atoms with Crippen LogP contribution < -0.4 is 5.32 Å². The zero-order valence-electron chi connectivity index (χ0n) is 17.7. The second kappa shape index (κ2) is 8.54. The lowest BCUT2D eigenvalue weighted by atomic mass is 9.97. The van der Waals surface area contributed by atoms with Crippen LogP contribution in [0.3, 0.4) is 0 Å². The van der Waals surface area contributed by atoms with Crippen LogP contribution in [0.25, 0.3) is 0 Å². The van der Waals surface area contributed by atoms with Gasteiger partial charge in [0.15, 0.2) is 8.32 Å². The standard InChI is InChI=1S/C22H34Cl2FNOSi/c1-6-28(7-2,8-3)27-20(21-18(23)9-14(25)10-19(21)24)13-26-15-11-16-17(12-15)22(16,4)5/h9-10,15-17,20,26H,6-8,11-13H2,1-5H3/t15?,16-,17+,20?. The Morgan fingerprint density at radius 1 is 1.11 bits per heavy atom. The van der Waals surface area contributed by atoms with Gasteiger partial charge in [-0.15, -0.1) is 0 Å². The first-order chi connectivity index (χ1) is 13.2. The van der Waals surface area contributed by atoms with E-state index in [1.807, 2.05) is 0 Å². The molecule has 1 aromatic rings. The average Bonchev–Trinajstić information content (AvgIpc) is 2.99. The first-order valence-corrected chi connectivity index (χ1v) is 14.0. The van der Waals surface area contributed by atoms with Crippen LogP contribution in [0.15, 0.2) is 12.1 Å². The second-order valence-corrected chi connectivity index (χ2v) is 14.8. The molecule has 2 unspecified atom stereocenters. The summed E-state index contributed by atoms with van der Waals surface area (Å²) < 4.78 is 20.5. The van der Waals surface area contributed by atoms with Gasteiger partial charge in [-0.05, 0) is 60.4 Å². The molecule has 0 bridgehead atoms. The van der Waals surface area contributed by atoms with E-state index in [-0.39, 0.29) is 6.10 Å². The molecule has 3 rings (SSSR count). The van der Waals surface area contributed by atoms with Gasteiger partial charge in [-0.1, -0.05) is 57.8 Å². The molecule has 1 N–H and O–H groups in total. The summed E-state index contributed by atoms with van der Waals surface area (Å²) >= 11 is 12.9. The van der Waals surface area contributed by atoms with Crippen molar-refractivity contribution in [2.24, 2.45) is 17.3 Å². The van der Waals surface area contributed by atoms with E-state index in [9.17, 15) is 4.39 Å². The van der Waals surface area contributed by atoms with E-state index in [1.54, 1.807) is 0 Å². The zero-order valence-corrected chi connectivity index (χ0v) is 20.3. The van der Waals surface area contributed by atoms with Gasteiger partial charge >= 0.3 is 0 Å². The van der Waals surface area contributed by atoms with Gasteiger partial charge in [-0.2, -0.15) is 0 Å². The molecule has 1 aromatic carbocycles. The minimum absolute atomic E-state index is 0.239. The fourth-order valence-electron chi connectivity index (χ4n) is 5.31. The van der Waals surface area contributed by atoms with Crippen molar-refractivity contribution in [3.63, 3.8) is 0 Å². The van der Waals surface area contributed by atoms with Gasteiger partial charge < -0.3 is 9.74 Å². The molecule has 158 valence electrons. The quantitative estimate of drug-likeness (QED) is 0.404. The number of hydrogen-bond donors (Lipinski definition) is 1. The maximum Gasteiger partial charge on any atom is 0.192 e. The molecule has 2 saturated carbocycles. The van der Waals surface area contributed by atoms with E-state index >= 15 is 0 Å². The van der Waals surface area contributed by atoms with Gasteiger partial charge in [-0.25, -0.2) is 4.39 Å².